The molecular formula is C9H9ClN2O3S. The Morgan fingerprint density at radius 1 is 1.50 bits per heavy atom. The Morgan fingerprint density at radius 2 is 2.25 bits per heavy atom. The van der Waals surface area contributed by atoms with Gasteiger partial charge in [0.15, 0.2) is 5.15 Å². The third kappa shape index (κ3) is 4.50. The Labute approximate surface area is 101 Å². The van der Waals surface area contributed by atoms with Crippen molar-refractivity contribution >= 4 is 40.9 Å². The number of pyridine rings is 1. The van der Waals surface area contributed by atoms with E-state index < -0.39 is 5.97 Å². The number of nitrogens with one attached hydrogen (secondary N) is 1. The fourth-order valence-corrected chi connectivity index (χ4v) is 1.60. The summed E-state index contributed by atoms with van der Waals surface area (Å²) in [6, 6.07) is 3.26. The molecule has 0 atom stereocenters. The van der Waals surface area contributed by atoms with Crippen molar-refractivity contribution in [3.63, 3.8) is 0 Å². The maximum Gasteiger partial charge on any atom is 0.313 e. The second-order valence-corrected chi connectivity index (χ2v) is 4.12. The molecular weight excluding hydrogens is 252 g/mol. The molecule has 1 rings (SSSR count). The molecule has 86 valence electrons. The van der Waals surface area contributed by atoms with Gasteiger partial charge in [-0.3, -0.25) is 9.59 Å². The molecule has 0 saturated carbocycles. The van der Waals surface area contributed by atoms with Crippen LogP contribution in [0.3, 0.4) is 0 Å². The van der Waals surface area contributed by atoms with E-state index >= 15 is 0 Å². The van der Waals surface area contributed by atoms with E-state index in [9.17, 15) is 9.59 Å². The number of nitrogens with zero attached hydrogens (tertiary/aromatic N) is 1. The number of aliphatic carboxylic acids is 1. The number of carbonyl (C=O) groups excluding carboxylic acids is 1. The number of amides is 1. The van der Waals surface area contributed by atoms with E-state index in [1.807, 2.05) is 0 Å². The van der Waals surface area contributed by atoms with E-state index in [-0.39, 0.29) is 22.6 Å². The Bertz CT molecular complexity index is 400. The van der Waals surface area contributed by atoms with Crippen molar-refractivity contribution < 1.29 is 14.7 Å². The largest absolute Gasteiger partial charge is 0.481 e. The zero-order valence-electron chi connectivity index (χ0n) is 8.14. The van der Waals surface area contributed by atoms with E-state index in [2.05, 4.69) is 10.3 Å². The van der Waals surface area contributed by atoms with Gasteiger partial charge in [-0.15, -0.1) is 11.8 Å². The van der Waals surface area contributed by atoms with Gasteiger partial charge in [0.2, 0.25) is 5.91 Å². The van der Waals surface area contributed by atoms with Gasteiger partial charge in [0.1, 0.15) is 0 Å². The van der Waals surface area contributed by atoms with Crippen LogP contribution in [0.25, 0.3) is 0 Å². The molecule has 0 aromatic carbocycles. The quantitative estimate of drug-likeness (QED) is 0.784. The number of carbonyl (C=O) groups is 2. The van der Waals surface area contributed by atoms with Crippen LogP contribution in [0, 0.1) is 0 Å². The minimum atomic E-state index is -0.947. The van der Waals surface area contributed by atoms with Gasteiger partial charge in [-0.2, -0.15) is 0 Å². The molecule has 5 nitrogen and oxygen atoms in total. The molecule has 1 heterocycles. The highest BCUT2D eigenvalue weighted by atomic mass is 35.5. The number of rotatable bonds is 5. The first-order chi connectivity index (χ1) is 7.59. The van der Waals surface area contributed by atoms with Crippen LogP contribution in [-0.4, -0.2) is 33.5 Å². The molecule has 2 N–H and O–H groups in total. The number of thioether (sulfide) groups is 1. The number of carboxylic acid groups (broad SMARTS) is 1. The Morgan fingerprint density at radius 3 is 2.88 bits per heavy atom. The van der Waals surface area contributed by atoms with Crippen LogP contribution < -0.4 is 5.32 Å². The van der Waals surface area contributed by atoms with Crippen LogP contribution in [-0.2, 0) is 9.59 Å². The molecule has 0 saturated heterocycles. The summed E-state index contributed by atoms with van der Waals surface area (Å²) in [5, 5.41) is 11.1. The van der Waals surface area contributed by atoms with Crippen LogP contribution in [0.15, 0.2) is 18.3 Å². The summed E-state index contributed by atoms with van der Waals surface area (Å²) < 4.78 is 0. The molecule has 0 spiro atoms. The van der Waals surface area contributed by atoms with Crippen LogP contribution in [0.2, 0.25) is 5.15 Å². The van der Waals surface area contributed by atoms with Crippen molar-refractivity contribution in [3.05, 3.63) is 23.5 Å². The zero-order valence-corrected chi connectivity index (χ0v) is 9.72. The first-order valence-corrected chi connectivity index (χ1v) is 5.83. The van der Waals surface area contributed by atoms with Gasteiger partial charge in [-0.05, 0) is 12.1 Å². The predicted molar refractivity (Wildman–Crippen MR) is 62.8 cm³/mol. The highest BCUT2D eigenvalue weighted by Gasteiger charge is 2.07. The highest BCUT2D eigenvalue weighted by Crippen LogP contribution is 2.17. The number of halogens is 1. The van der Waals surface area contributed by atoms with E-state index in [1.54, 1.807) is 12.1 Å². The number of hydrogen-bond donors (Lipinski definition) is 2. The number of anilines is 1. The molecule has 7 heteroatoms. The Kier molecular flexibility index (Phi) is 5.07. The lowest BCUT2D eigenvalue weighted by Crippen LogP contribution is -2.15. The number of hydrogen-bond acceptors (Lipinski definition) is 4. The minimum absolute atomic E-state index is 0.0670. The molecule has 1 amide bonds. The molecule has 16 heavy (non-hydrogen) atoms. The topological polar surface area (TPSA) is 79.3 Å². The summed E-state index contributed by atoms with van der Waals surface area (Å²) in [7, 11) is 0. The van der Waals surface area contributed by atoms with Crippen molar-refractivity contribution in [3.8, 4) is 0 Å². The smallest absolute Gasteiger partial charge is 0.313 e. The Balaban J connectivity index is 2.40. The van der Waals surface area contributed by atoms with Gasteiger partial charge in [0, 0.05) is 6.20 Å². The monoisotopic (exact) mass is 260 g/mol. The second-order valence-electron chi connectivity index (χ2n) is 2.78. The van der Waals surface area contributed by atoms with Crippen LogP contribution in [0.1, 0.15) is 0 Å². The first-order valence-electron chi connectivity index (χ1n) is 4.29. The van der Waals surface area contributed by atoms with Crippen LogP contribution in [0.4, 0.5) is 5.69 Å². The van der Waals surface area contributed by atoms with E-state index in [1.165, 1.54) is 6.20 Å². The molecule has 0 bridgehead atoms. The van der Waals surface area contributed by atoms with Gasteiger partial charge in [-0.1, -0.05) is 11.6 Å². The highest BCUT2D eigenvalue weighted by molar-refractivity contribution is 8.00. The van der Waals surface area contributed by atoms with Crippen molar-refractivity contribution in [2.45, 2.75) is 0 Å². The van der Waals surface area contributed by atoms with Gasteiger partial charge >= 0.3 is 5.97 Å². The SMILES string of the molecule is O=C(O)CSCC(=O)Nc1cccnc1Cl. The van der Waals surface area contributed by atoms with E-state index in [0.29, 0.717) is 5.69 Å². The standard InChI is InChI=1S/C9H9ClN2O3S/c10-9-6(2-1-3-11-9)12-7(13)4-16-5-8(14)15/h1-3H,4-5H2,(H,12,13)(H,14,15). The van der Waals surface area contributed by atoms with Crippen LogP contribution >= 0.6 is 23.4 Å². The molecule has 0 aliphatic heterocycles. The zero-order chi connectivity index (χ0) is 12.0. The minimum Gasteiger partial charge on any atom is -0.481 e. The average molecular weight is 261 g/mol. The van der Waals surface area contributed by atoms with Crippen molar-refractivity contribution in [2.24, 2.45) is 0 Å². The van der Waals surface area contributed by atoms with Gasteiger partial charge in [0.25, 0.3) is 0 Å². The second kappa shape index (κ2) is 6.34. The van der Waals surface area contributed by atoms with E-state index in [4.69, 9.17) is 16.7 Å². The normalized spacial score (nSPS) is 9.81. The maximum atomic E-state index is 11.3. The average Bonchev–Trinajstić information content (AvgIpc) is 2.21. The van der Waals surface area contributed by atoms with Gasteiger partial charge in [0.05, 0.1) is 17.2 Å². The molecule has 0 unspecified atom stereocenters. The lowest BCUT2D eigenvalue weighted by Gasteiger charge is -2.05. The fraction of sp³-hybridized carbons (Fsp3) is 0.222. The summed E-state index contributed by atoms with van der Waals surface area (Å²) in [6.45, 7) is 0. The van der Waals surface area contributed by atoms with Gasteiger partial charge < -0.3 is 10.4 Å². The third-order valence-electron chi connectivity index (χ3n) is 1.49. The summed E-state index contributed by atoms with van der Waals surface area (Å²) in [5.41, 5.74) is 0.421. The van der Waals surface area contributed by atoms with Gasteiger partial charge in [-0.25, -0.2) is 4.98 Å². The first kappa shape index (κ1) is 12.8. The summed E-state index contributed by atoms with van der Waals surface area (Å²) >= 11 is 6.75. The van der Waals surface area contributed by atoms with E-state index in [0.717, 1.165) is 11.8 Å². The summed E-state index contributed by atoms with van der Waals surface area (Å²) in [4.78, 5) is 25.3. The summed E-state index contributed by atoms with van der Waals surface area (Å²) in [6.07, 6.45) is 1.51. The van der Waals surface area contributed by atoms with Crippen molar-refractivity contribution in [2.75, 3.05) is 16.8 Å². The summed E-state index contributed by atoms with van der Waals surface area (Å²) in [5.74, 6) is -1.29. The van der Waals surface area contributed by atoms with Crippen molar-refractivity contribution in [1.82, 2.24) is 4.98 Å². The Hall–Kier alpha value is -1.27. The maximum absolute atomic E-state index is 11.3. The van der Waals surface area contributed by atoms with Crippen LogP contribution in [0.5, 0.6) is 0 Å². The molecule has 0 fully saturated rings. The molecule has 0 aliphatic carbocycles. The third-order valence-corrected chi connectivity index (χ3v) is 2.71. The fourth-order valence-electron chi connectivity index (χ4n) is 0.897. The number of carboxylic acids is 1. The predicted octanol–water partition coefficient (Wildman–Crippen LogP) is 1.49. The molecule has 1 aromatic heterocycles. The molecule has 1 aromatic rings. The number of aromatic nitrogens is 1. The lowest BCUT2D eigenvalue weighted by atomic mass is 10.4. The molecule has 0 radical (unpaired) electrons. The molecule has 0 aliphatic rings. The lowest BCUT2D eigenvalue weighted by molar-refractivity contribution is -0.133. The van der Waals surface area contributed by atoms with Crippen molar-refractivity contribution in [1.29, 1.82) is 0 Å².